The van der Waals surface area contributed by atoms with E-state index >= 15 is 0 Å². The first-order valence-electron chi connectivity index (χ1n) is 10.2. The van der Waals surface area contributed by atoms with Crippen LogP contribution in [0.5, 0.6) is 5.75 Å². The Hall–Kier alpha value is -1.55. The third-order valence-electron chi connectivity index (χ3n) is 5.06. The minimum Gasteiger partial charge on any atom is -0.495 e. The highest BCUT2D eigenvalue weighted by atomic mass is 35.5. The maximum Gasteiger partial charge on any atom is 0.240 e. The number of sulfonamides is 1. The Kier molecular flexibility index (Phi) is 10.2. The SMILES string of the molecule is COCCNS(=O)(=O)c1ccc(OC)c(N2CCN(C(=O)CCCCCCl)CC2)c1. The third kappa shape index (κ3) is 7.01. The summed E-state index contributed by atoms with van der Waals surface area (Å²) in [6, 6.07) is 4.81. The van der Waals surface area contributed by atoms with Crippen molar-refractivity contribution in [2.24, 2.45) is 0 Å². The summed E-state index contributed by atoms with van der Waals surface area (Å²) < 4.78 is 38.0. The van der Waals surface area contributed by atoms with Gasteiger partial charge in [-0.1, -0.05) is 6.42 Å². The van der Waals surface area contributed by atoms with E-state index in [1.165, 1.54) is 13.2 Å². The van der Waals surface area contributed by atoms with E-state index in [4.69, 9.17) is 21.1 Å². The number of benzene rings is 1. The minimum atomic E-state index is -3.64. The van der Waals surface area contributed by atoms with Crippen molar-refractivity contribution < 1.29 is 22.7 Å². The van der Waals surface area contributed by atoms with Crippen LogP contribution in [-0.2, 0) is 19.6 Å². The number of ether oxygens (including phenoxy) is 2. The number of alkyl halides is 1. The van der Waals surface area contributed by atoms with Gasteiger partial charge in [-0.05, 0) is 31.0 Å². The fraction of sp³-hybridized carbons (Fsp3) is 0.650. The average molecular weight is 462 g/mol. The molecule has 1 aliphatic heterocycles. The number of methoxy groups -OCH3 is 2. The van der Waals surface area contributed by atoms with Crippen LogP contribution in [0, 0.1) is 0 Å². The Morgan fingerprint density at radius 1 is 1.13 bits per heavy atom. The summed E-state index contributed by atoms with van der Waals surface area (Å²) in [7, 11) is -0.566. The number of unbranched alkanes of at least 4 members (excludes halogenated alkanes) is 2. The van der Waals surface area contributed by atoms with Gasteiger partial charge in [0.25, 0.3) is 0 Å². The number of nitrogens with zero attached hydrogens (tertiary/aromatic N) is 2. The van der Waals surface area contributed by atoms with Crippen molar-refractivity contribution in [1.29, 1.82) is 0 Å². The van der Waals surface area contributed by atoms with E-state index < -0.39 is 10.0 Å². The van der Waals surface area contributed by atoms with E-state index in [9.17, 15) is 13.2 Å². The number of amides is 1. The smallest absolute Gasteiger partial charge is 0.240 e. The lowest BCUT2D eigenvalue weighted by Gasteiger charge is -2.37. The Balaban J connectivity index is 2.02. The number of carbonyl (C=O) groups is 1. The van der Waals surface area contributed by atoms with Crippen LogP contribution in [0.3, 0.4) is 0 Å². The molecule has 1 aliphatic rings. The predicted molar refractivity (Wildman–Crippen MR) is 118 cm³/mol. The molecular formula is C20H32ClN3O5S. The lowest BCUT2D eigenvalue weighted by atomic mass is 10.1. The number of hydrogen-bond donors (Lipinski definition) is 1. The first-order valence-corrected chi connectivity index (χ1v) is 12.2. The maximum atomic E-state index is 12.5. The van der Waals surface area contributed by atoms with Crippen molar-refractivity contribution in [3.8, 4) is 5.75 Å². The van der Waals surface area contributed by atoms with Gasteiger partial charge in [0.05, 0.1) is 24.3 Å². The maximum absolute atomic E-state index is 12.5. The average Bonchev–Trinajstić information content (AvgIpc) is 2.76. The molecule has 1 aromatic carbocycles. The van der Waals surface area contributed by atoms with Gasteiger partial charge in [-0.25, -0.2) is 13.1 Å². The molecule has 8 nitrogen and oxygen atoms in total. The summed E-state index contributed by atoms with van der Waals surface area (Å²) >= 11 is 5.68. The van der Waals surface area contributed by atoms with Crippen LogP contribution in [0.4, 0.5) is 5.69 Å². The standard InChI is InChI=1S/C20H32ClN3O5S/c1-28-15-10-22-30(26,27)17-7-8-19(29-2)18(16-17)23-11-13-24(14-12-23)20(25)6-4-3-5-9-21/h7-8,16,22H,3-6,9-15H2,1-2H3. The highest BCUT2D eigenvalue weighted by Crippen LogP contribution is 2.31. The molecule has 0 atom stereocenters. The minimum absolute atomic E-state index is 0.162. The predicted octanol–water partition coefficient (Wildman–Crippen LogP) is 2.07. The van der Waals surface area contributed by atoms with E-state index in [1.54, 1.807) is 19.2 Å². The van der Waals surface area contributed by atoms with Crippen LogP contribution < -0.4 is 14.4 Å². The van der Waals surface area contributed by atoms with Gasteiger partial charge >= 0.3 is 0 Å². The molecule has 1 heterocycles. The largest absolute Gasteiger partial charge is 0.495 e. The van der Waals surface area contributed by atoms with Crippen molar-refractivity contribution in [1.82, 2.24) is 9.62 Å². The molecule has 1 N–H and O–H groups in total. The first kappa shape index (κ1) is 24.7. The number of nitrogens with one attached hydrogen (secondary N) is 1. The number of carbonyl (C=O) groups excluding carboxylic acids is 1. The molecule has 0 bridgehead atoms. The van der Waals surface area contributed by atoms with Crippen LogP contribution in [-0.4, -0.2) is 78.7 Å². The molecule has 1 amide bonds. The molecule has 1 aromatic rings. The molecular weight excluding hydrogens is 430 g/mol. The van der Waals surface area contributed by atoms with Crippen molar-refractivity contribution in [3.05, 3.63) is 18.2 Å². The number of halogens is 1. The summed E-state index contributed by atoms with van der Waals surface area (Å²) in [5, 5.41) is 0. The quantitative estimate of drug-likeness (QED) is 0.378. The molecule has 0 aliphatic carbocycles. The normalized spacial score (nSPS) is 14.8. The zero-order valence-electron chi connectivity index (χ0n) is 17.7. The third-order valence-corrected chi connectivity index (χ3v) is 6.78. The topological polar surface area (TPSA) is 88.2 Å². The molecule has 1 fully saturated rings. The van der Waals surface area contributed by atoms with Gasteiger partial charge < -0.3 is 19.3 Å². The Labute approximate surface area is 184 Å². The summed E-state index contributed by atoms with van der Waals surface area (Å²) in [5.41, 5.74) is 0.710. The number of piperazine rings is 1. The number of anilines is 1. The van der Waals surface area contributed by atoms with Gasteiger partial charge in [-0.15, -0.1) is 11.6 Å². The fourth-order valence-corrected chi connectivity index (χ4v) is 4.57. The van der Waals surface area contributed by atoms with Gasteiger partial charge in [-0.2, -0.15) is 0 Å². The second kappa shape index (κ2) is 12.3. The van der Waals surface area contributed by atoms with E-state index in [2.05, 4.69) is 9.62 Å². The van der Waals surface area contributed by atoms with Crippen LogP contribution in [0.1, 0.15) is 25.7 Å². The Morgan fingerprint density at radius 3 is 2.50 bits per heavy atom. The van der Waals surface area contributed by atoms with Crippen LogP contribution in [0.15, 0.2) is 23.1 Å². The molecule has 10 heteroatoms. The van der Waals surface area contributed by atoms with Crippen LogP contribution in [0.2, 0.25) is 0 Å². The molecule has 1 saturated heterocycles. The fourth-order valence-electron chi connectivity index (χ4n) is 3.35. The molecule has 0 radical (unpaired) electrons. The lowest BCUT2D eigenvalue weighted by Crippen LogP contribution is -2.48. The molecule has 30 heavy (non-hydrogen) atoms. The summed E-state index contributed by atoms with van der Waals surface area (Å²) in [6.07, 6.45) is 3.30. The molecule has 170 valence electrons. The highest BCUT2D eigenvalue weighted by molar-refractivity contribution is 7.89. The number of rotatable bonds is 12. The zero-order chi connectivity index (χ0) is 22.0. The van der Waals surface area contributed by atoms with Crippen molar-refractivity contribution in [2.45, 2.75) is 30.6 Å². The van der Waals surface area contributed by atoms with Gasteiger partial charge in [0, 0.05) is 52.1 Å². The van der Waals surface area contributed by atoms with E-state index in [1.807, 2.05) is 4.90 Å². The van der Waals surface area contributed by atoms with Gasteiger partial charge in [-0.3, -0.25) is 4.79 Å². The first-order chi connectivity index (χ1) is 14.4. The van der Waals surface area contributed by atoms with Crippen molar-refractivity contribution in [3.63, 3.8) is 0 Å². The van der Waals surface area contributed by atoms with Gasteiger partial charge in [0.1, 0.15) is 5.75 Å². The van der Waals surface area contributed by atoms with Crippen LogP contribution in [0.25, 0.3) is 0 Å². The van der Waals surface area contributed by atoms with Crippen molar-refractivity contribution >= 4 is 33.2 Å². The van der Waals surface area contributed by atoms with E-state index in [0.29, 0.717) is 56.5 Å². The molecule has 0 saturated carbocycles. The number of hydrogen-bond acceptors (Lipinski definition) is 6. The molecule has 0 unspecified atom stereocenters. The molecule has 0 spiro atoms. The highest BCUT2D eigenvalue weighted by Gasteiger charge is 2.24. The zero-order valence-corrected chi connectivity index (χ0v) is 19.3. The summed E-state index contributed by atoms with van der Waals surface area (Å²) in [5.74, 6) is 1.40. The molecule has 2 rings (SSSR count). The lowest BCUT2D eigenvalue weighted by molar-refractivity contribution is -0.131. The van der Waals surface area contributed by atoms with Crippen molar-refractivity contribution in [2.75, 3.05) is 64.3 Å². The summed E-state index contributed by atoms with van der Waals surface area (Å²) in [4.78, 5) is 16.5. The van der Waals surface area contributed by atoms with E-state index in [-0.39, 0.29) is 17.3 Å². The molecule has 0 aromatic heterocycles. The Bertz CT molecular complexity index is 783. The monoisotopic (exact) mass is 461 g/mol. The van der Waals surface area contributed by atoms with Gasteiger partial charge in [0.15, 0.2) is 0 Å². The Morgan fingerprint density at radius 2 is 1.87 bits per heavy atom. The second-order valence-electron chi connectivity index (χ2n) is 7.09. The second-order valence-corrected chi connectivity index (χ2v) is 9.24. The van der Waals surface area contributed by atoms with Crippen LogP contribution >= 0.6 is 11.6 Å². The van der Waals surface area contributed by atoms with Gasteiger partial charge in [0.2, 0.25) is 15.9 Å². The van der Waals surface area contributed by atoms with E-state index in [0.717, 1.165) is 19.3 Å². The summed E-state index contributed by atoms with van der Waals surface area (Å²) in [6.45, 7) is 2.92.